The van der Waals surface area contributed by atoms with Gasteiger partial charge in [0.15, 0.2) is 0 Å². The third-order valence-electron chi connectivity index (χ3n) is 7.20. The summed E-state index contributed by atoms with van der Waals surface area (Å²) in [5.41, 5.74) is 14.4. The first-order valence-electron chi connectivity index (χ1n) is 11.2. The van der Waals surface area contributed by atoms with E-state index in [2.05, 4.69) is 29.3 Å². The van der Waals surface area contributed by atoms with Crippen LogP contribution in [0.4, 0.5) is 0 Å². The van der Waals surface area contributed by atoms with Crippen LogP contribution in [-0.2, 0) is 22.4 Å². The van der Waals surface area contributed by atoms with Gasteiger partial charge in [-0.25, -0.2) is 0 Å². The molecule has 2 aliphatic carbocycles. The number of nitrogens with two attached hydrogens (primary N) is 2. The van der Waals surface area contributed by atoms with E-state index >= 15 is 0 Å². The fourth-order valence-electron chi connectivity index (χ4n) is 4.96. The summed E-state index contributed by atoms with van der Waals surface area (Å²) in [4.78, 5) is 27.8. The molecule has 1 aromatic rings. The SMILES string of the molecule is CC1C=C(CNC(=O)C2(C)CCN2C(=O)[C@H](N)C2Cc3ccccc3C2)C#CC1C(=N)N. The molecule has 2 amide bonds. The number of hydrogen-bond donors (Lipinski definition) is 4. The minimum Gasteiger partial charge on any atom is -0.387 e. The zero-order valence-electron chi connectivity index (χ0n) is 18.7. The first kappa shape index (κ1) is 22.1. The molecule has 1 aliphatic heterocycles. The fraction of sp³-hybridized carbons (Fsp3) is 0.480. The lowest BCUT2D eigenvalue weighted by Crippen LogP contribution is -2.70. The second-order valence-corrected chi connectivity index (χ2v) is 9.41. The van der Waals surface area contributed by atoms with Crippen molar-refractivity contribution in [3.63, 3.8) is 0 Å². The van der Waals surface area contributed by atoms with Crippen LogP contribution in [0.1, 0.15) is 31.4 Å². The number of fused-ring (bicyclic) bond motifs is 1. The third-order valence-corrected chi connectivity index (χ3v) is 7.20. The van der Waals surface area contributed by atoms with Gasteiger partial charge in [0.05, 0.1) is 18.5 Å². The maximum absolute atomic E-state index is 13.2. The molecular weight excluding hydrogens is 402 g/mol. The van der Waals surface area contributed by atoms with Crippen molar-refractivity contribution >= 4 is 17.6 Å². The van der Waals surface area contributed by atoms with E-state index in [4.69, 9.17) is 16.9 Å². The molecule has 7 nitrogen and oxygen atoms in total. The minimum atomic E-state index is -0.893. The molecule has 7 heteroatoms. The highest BCUT2D eigenvalue weighted by Gasteiger charge is 2.51. The maximum atomic E-state index is 13.2. The molecule has 6 N–H and O–H groups in total. The predicted octanol–water partition coefficient (Wildman–Crippen LogP) is 0.968. The molecule has 32 heavy (non-hydrogen) atoms. The van der Waals surface area contributed by atoms with E-state index in [9.17, 15) is 9.59 Å². The number of likely N-dealkylation sites (tertiary alicyclic amines) is 1. The zero-order chi connectivity index (χ0) is 23.0. The summed E-state index contributed by atoms with van der Waals surface area (Å²) < 4.78 is 0. The highest BCUT2D eigenvalue weighted by atomic mass is 16.2. The van der Waals surface area contributed by atoms with Crippen molar-refractivity contribution in [2.75, 3.05) is 13.1 Å². The summed E-state index contributed by atoms with van der Waals surface area (Å²) >= 11 is 0. The summed E-state index contributed by atoms with van der Waals surface area (Å²) in [5, 5.41) is 10.5. The maximum Gasteiger partial charge on any atom is 0.246 e. The van der Waals surface area contributed by atoms with Gasteiger partial charge in [0.2, 0.25) is 11.8 Å². The van der Waals surface area contributed by atoms with Gasteiger partial charge in [-0.15, -0.1) is 0 Å². The standard InChI is InChI=1S/C25H31N5O2/c1-15-11-16(7-8-20(15)22(27)28)14-29-24(32)25(2)9-10-30(25)23(31)21(26)19-12-17-5-3-4-6-18(17)13-19/h3-6,11,15,19-21H,9-10,12-14,26H2,1-2H3,(H3,27,28)(H,29,32)/t15?,20?,21-,25?/m1/s1. The van der Waals surface area contributed by atoms with E-state index in [0.29, 0.717) is 19.5 Å². The van der Waals surface area contributed by atoms with E-state index in [-0.39, 0.29) is 35.4 Å². The van der Waals surface area contributed by atoms with E-state index < -0.39 is 11.6 Å². The predicted molar refractivity (Wildman–Crippen MR) is 123 cm³/mol. The van der Waals surface area contributed by atoms with Gasteiger partial charge in [0, 0.05) is 12.1 Å². The van der Waals surface area contributed by atoms with Crippen molar-refractivity contribution in [2.45, 2.75) is 44.7 Å². The van der Waals surface area contributed by atoms with Crippen molar-refractivity contribution in [2.24, 2.45) is 29.2 Å². The van der Waals surface area contributed by atoms with Gasteiger partial charge >= 0.3 is 0 Å². The summed E-state index contributed by atoms with van der Waals surface area (Å²) in [6.07, 6.45) is 4.15. The molecule has 0 radical (unpaired) electrons. The first-order valence-corrected chi connectivity index (χ1v) is 11.2. The lowest BCUT2D eigenvalue weighted by Gasteiger charge is -2.50. The van der Waals surface area contributed by atoms with Crippen LogP contribution in [0.15, 0.2) is 35.9 Å². The Kier molecular flexibility index (Phi) is 5.83. The zero-order valence-corrected chi connectivity index (χ0v) is 18.7. The molecule has 1 heterocycles. The van der Waals surface area contributed by atoms with Crippen molar-refractivity contribution in [3.05, 3.63) is 47.0 Å². The Hall–Kier alpha value is -3.11. The average molecular weight is 434 g/mol. The van der Waals surface area contributed by atoms with Gasteiger partial charge in [-0.2, -0.15) is 0 Å². The second kappa shape index (κ2) is 8.44. The average Bonchev–Trinajstić information content (AvgIpc) is 3.19. The van der Waals surface area contributed by atoms with Crippen LogP contribution < -0.4 is 16.8 Å². The van der Waals surface area contributed by atoms with Crippen LogP contribution in [-0.4, -0.2) is 47.2 Å². The molecular formula is C25H31N5O2. The summed E-state index contributed by atoms with van der Waals surface area (Å²) in [6.45, 7) is 4.59. The fourth-order valence-corrected chi connectivity index (χ4v) is 4.96. The summed E-state index contributed by atoms with van der Waals surface area (Å²) in [7, 11) is 0. The number of allylic oxidation sites excluding steroid dienone is 1. The highest BCUT2D eigenvalue weighted by molar-refractivity contribution is 5.94. The van der Waals surface area contributed by atoms with Crippen LogP contribution >= 0.6 is 0 Å². The Morgan fingerprint density at radius 1 is 1.31 bits per heavy atom. The molecule has 0 bridgehead atoms. The van der Waals surface area contributed by atoms with Crippen LogP contribution in [0.5, 0.6) is 0 Å². The van der Waals surface area contributed by atoms with Crippen LogP contribution in [0.25, 0.3) is 0 Å². The van der Waals surface area contributed by atoms with Crippen LogP contribution in [0.2, 0.25) is 0 Å². The largest absolute Gasteiger partial charge is 0.387 e. The van der Waals surface area contributed by atoms with Gasteiger partial charge in [0.25, 0.3) is 0 Å². The molecule has 0 aromatic heterocycles. The molecule has 0 saturated carbocycles. The molecule has 168 valence electrons. The Balaban J connectivity index is 1.35. The van der Waals surface area contributed by atoms with E-state index in [0.717, 1.165) is 18.4 Å². The smallest absolute Gasteiger partial charge is 0.246 e. The number of amides is 2. The van der Waals surface area contributed by atoms with Gasteiger partial charge in [-0.3, -0.25) is 15.0 Å². The molecule has 3 unspecified atom stereocenters. The van der Waals surface area contributed by atoms with E-state index in [1.807, 2.05) is 25.1 Å². The van der Waals surface area contributed by atoms with Crippen molar-refractivity contribution in [3.8, 4) is 11.8 Å². The topological polar surface area (TPSA) is 125 Å². The number of carbonyl (C=O) groups is 2. The quantitative estimate of drug-likeness (QED) is 0.303. The van der Waals surface area contributed by atoms with E-state index in [1.54, 1.807) is 11.8 Å². The second-order valence-electron chi connectivity index (χ2n) is 9.41. The number of rotatable bonds is 6. The number of carbonyl (C=O) groups excluding carboxylic acids is 2. The number of amidine groups is 1. The number of nitrogens with one attached hydrogen (secondary N) is 2. The summed E-state index contributed by atoms with van der Waals surface area (Å²) in [5.74, 6) is 5.50. The molecule has 1 fully saturated rings. The van der Waals surface area contributed by atoms with Gasteiger partial charge in [-0.1, -0.05) is 49.1 Å². The third kappa shape index (κ3) is 3.91. The van der Waals surface area contributed by atoms with Crippen molar-refractivity contribution in [1.82, 2.24) is 10.2 Å². The number of benzene rings is 1. The van der Waals surface area contributed by atoms with Crippen molar-refractivity contribution in [1.29, 1.82) is 5.41 Å². The van der Waals surface area contributed by atoms with Gasteiger partial charge < -0.3 is 21.7 Å². The number of nitrogens with zero attached hydrogens (tertiary/aromatic N) is 1. The molecule has 1 saturated heterocycles. The molecule has 3 aliphatic rings. The van der Waals surface area contributed by atoms with Gasteiger partial charge in [0.1, 0.15) is 11.4 Å². The van der Waals surface area contributed by atoms with E-state index in [1.165, 1.54) is 11.1 Å². The molecule has 4 rings (SSSR count). The van der Waals surface area contributed by atoms with Crippen molar-refractivity contribution < 1.29 is 9.59 Å². The Bertz CT molecular complexity index is 1030. The normalized spacial score (nSPS) is 27.3. The highest BCUT2D eigenvalue weighted by Crippen LogP contribution is 2.34. The van der Waals surface area contributed by atoms with Crippen LogP contribution in [0.3, 0.4) is 0 Å². The first-order chi connectivity index (χ1) is 15.2. The Morgan fingerprint density at radius 3 is 2.50 bits per heavy atom. The van der Waals surface area contributed by atoms with Crippen LogP contribution in [0, 0.1) is 35.0 Å². The molecule has 4 atom stereocenters. The Morgan fingerprint density at radius 2 is 1.97 bits per heavy atom. The number of hydrogen-bond acceptors (Lipinski definition) is 4. The minimum absolute atomic E-state index is 0.0200. The summed E-state index contributed by atoms with van der Waals surface area (Å²) in [6, 6.07) is 7.59. The lowest BCUT2D eigenvalue weighted by atomic mass is 9.83. The lowest BCUT2D eigenvalue weighted by molar-refractivity contribution is -0.159. The molecule has 0 spiro atoms. The van der Waals surface area contributed by atoms with Gasteiger partial charge in [-0.05, 0) is 49.1 Å². The monoisotopic (exact) mass is 433 g/mol. The Labute approximate surface area is 189 Å². The molecule has 1 aromatic carbocycles.